The van der Waals surface area contributed by atoms with Gasteiger partial charge in [-0.25, -0.2) is 0 Å². The van der Waals surface area contributed by atoms with Crippen LogP contribution in [0, 0.1) is 0 Å². The summed E-state index contributed by atoms with van der Waals surface area (Å²) in [4.78, 5) is 2.62. The van der Waals surface area contributed by atoms with E-state index in [1.165, 1.54) is 58.2 Å². The van der Waals surface area contributed by atoms with Gasteiger partial charge in [-0.05, 0) is 38.9 Å². The fraction of sp³-hybridized carbons (Fsp3) is 1.00. The van der Waals surface area contributed by atoms with Crippen molar-refractivity contribution in [2.45, 2.75) is 59.3 Å². The highest BCUT2D eigenvalue weighted by Crippen LogP contribution is 2.10. The highest BCUT2D eigenvalue weighted by Gasteiger charge is 2.05. The molecule has 80 valence electrons. The molecule has 0 bridgehead atoms. The van der Waals surface area contributed by atoms with Gasteiger partial charge in [0.05, 0.1) is 0 Å². The summed E-state index contributed by atoms with van der Waals surface area (Å²) in [6, 6.07) is 0. The fourth-order valence-corrected chi connectivity index (χ4v) is 1.85. The lowest BCUT2D eigenvalue weighted by Crippen LogP contribution is -2.27. The molecule has 0 unspecified atom stereocenters. The third-order valence-corrected chi connectivity index (χ3v) is 2.49. The molecular formula is C12H27N. The summed E-state index contributed by atoms with van der Waals surface area (Å²) in [6.07, 6.45) is 8.57. The van der Waals surface area contributed by atoms with Crippen molar-refractivity contribution in [1.29, 1.82) is 0 Å². The lowest BCUT2D eigenvalue weighted by Gasteiger charge is -2.23. The second-order valence-electron chi connectivity index (χ2n) is 3.61. The molecule has 1 rings (SSSR count). The highest BCUT2D eigenvalue weighted by molar-refractivity contribution is 4.61. The van der Waals surface area contributed by atoms with Gasteiger partial charge in [-0.3, -0.25) is 0 Å². The molecule has 1 aliphatic rings. The predicted molar refractivity (Wildman–Crippen MR) is 61.2 cm³/mol. The van der Waals surface area contributed by atoms with Crippen molar-refractivity contribution in [3.05, 3.63) is 0 Å². The van der Waals surface area contributed by atoms with E-state index in [-0.39, 0.29) is 0 Å². The summed E-state index contributed by atoms with van der Waals surface area (Å²) in [5.74, 6) is 0. The van der Waals surface area contributed by atoms with Gasteiger partial charge in [-0.1, -0.05) is 40.0 Å². The van der Waals surface area contributed by atoms with Crippen molar-refractivity contribution in [3.8, 4) is 0 Å². The minimum atomic E-state index is 1.32. The van der Waals surface area contributed by atoms with E-state index in [1.807, 2.05) is 13.8 Å². The Balaban J connectivity index is 0.000000671. The van der Waals surface area contributed by atoms with E-state index in [4.69, 9.17) is 0 Å². The molecule has 13 heavy (non-hydrogen) atoms. The van der Waals surface area contributed by atoms with E-state index in [0.29, 0.717) is 0 Å². The Morgan fingerprint density at radius 2 is 1.31 bits per heavy atom. The zero-order valence-corrected chi connectivity index (χ0v) is 9.81. The Labute approximate surface area is 84.5 Å². The zero-order valence-electron chi connectivity index (χ0n) is 9.81. The third-order valence-electron chi connectivity index (χ3n) is 2.49. The second-order valence-corrected chi connectivity index (χ2v) is 3.61. The first-order valence-corrected chi connectivity index (χ1v) is 6.16. The van der Waals surface area contributed by atoms with Gasteiger partial charge in [-0.15, -0.1) is 0 Å². The summed E-state index contributed by atoms with van der Waals surface area (Å²) in [5, 5.41) is 0. The quantitative estimate of drug-likeness (QED) is 0.634. The van der Waals surface area contributed by atoms with Gasteiger partial charge in [0.2, 0.25) is 0 Å². The maximum atomic E-state index is 2.62. The SMILES string of the molecule is CC.CCCN1CCCCCCC1. The molecule has 1 saturated heterocycles. The molecule has 1 heterocycles. The first kappa shape index (κ1) is 13.0. The number of rotatable bonds is 2. The van der Waals surface area contributed by atoms with Crippen LogP contribution < -0.4 is 0 Å². The van der Waals surface area contributed by atoms with E-state index < -0.39 is 0 Å². The van der Waals surface area contributed by atoms with Gasteiger partial charge in [0, 0.05) is 0 Å². The first-order chi connectivity index (χ1) is 6.43. The van der Waals surface area contributed by atoms with Crippen LogP contribution in [-0.2, 0) is 0 Å². The van der Waals surface area contributed by atoms with Crippen LogP contribution in [0.3, 0.4) is 0 Å². The van der Waals surface area contributed by atoms with Gasteiger partial charge in [0.1, 0.15) is 0 Å². The lowest BCUT2D eigenvalue weighted by atomic mass is 10.1. The normalized spacial score (nSPS) is 19.6. The van der Waals surface area contributed by atoms with Crippen LogP contribution in [0.15, 0.2) is 0 Å². The molecule has 0 aromatic rings. The third kappa shape index (κ3) is 7.06. The van der Waals surface area contributed by atoms with Gasteiger partial charge in [-0.2, -0.15) is 0 Å². The Hall–Kier alpha value is -0.0400. The van der Waals surface area contributed by atoms with Crippen LogP contribution in [0.25, 0.3) is 0 Å². The lowest BCUT2D eigenvalue weighted by molar-refractivity contribution is 0.248. The summed E-state index contributed by atoms with van der Waals surface area (Å²) in [7, 11) is 0. The second kappa shape index (κ2) is 10.0. The largest absolute Gasteiger partial charge is 0.303 e. The molecule has 0 aromatic heterocycles. The molecular weight excluding hydrogens is 158 g/mol. The van der Waals surface area contributed by atoms with Gasteiger partial charge in [0.15, 0.2) is 0 Å². The Bertz CT molecular complexity index is 83.1. The summed E-state index contributed by atoms with van der Waals surface area (Å²) in [6.45, 7) is 10.3. The van der Waals surface area contributed by atoms with E-state index in [9.17, 15) is 0 Å². The maximum absolute atomic E-state index is 2.62. The molecule has 1 heteroatoms. The van der Waals surface area contributed by atoms with E-state index in [0.717, 1.165) is 0 Å². The van der Waals surface area contributed by atoms with Crippen LogP contribution in [0.2, 0.25) is 0 Å². The van der Waals surface area contributed by atoms with Crippen molar-refractivity contribution in [1.82, 2.24) is 4.90 Å². The van der Waals surface area contributed by atoms with E-state index >= 15 is 0 Å². The smallest absolute Gasteiger partial charge is 0.00187 e. The van der Waals surface area contributed by atoms with Crippen LogP contribution in [0.4, 0.5) is 0 Å². The van der Waals surface area contributed by atoms with Crippen LogP contribution >= 0.6 is 0 Å². The first-order valence-electron chi connectivity index (χ1n) is 6.16. The molecule has 0 aromatic carbocycles. The Kier molecular flexibility index (Phi) is 10.0. The zero-order chi connectivity index (χ0) is 9.94. The fourth-order valence-electron chi connectivity index (χ4n) is 1.85. The highest BCUT2D eigenvalue weighted by atomic mass is 15.1. The summed E-state index contributed by atoms with van der Waals surface area (Å²) in [5.41, 5.74) is 0. The number of hydrogen-bond donors (Lipinski definition) is 0. The van der Waals surface area contributed by atoms with Crippen LogP contribution in [0.5, 0.6) is 0 Å². The standard InChI is InChI=1S/C10H21N.C2H6/c1-2-8-11-9-6-4-3-5-7-10-11;1-2/h2-10H2,1H3;1-2H3. The predicted octanol–water partition coefficient (Wildman–Crippen LogP) is 3.69. The average Bonchev–Trinajstić information content (AvgIpc) is 2.13. The number of likely N-dealkylation sites (tertiary alicyclic amines) is 1. The minimum Gasteiger partial charge on any atom is -0.303 e. The molecule has 0 saturated carbocycles. The van der Waals surface area contributed by atoms with Crippen LogP contribution in [0.1, 0.15) is 59.3 Å². The maximum Gasteiger partial charge on any atom is -0.00187 e. The van der Waals surface area contributed by atoms with Crippen molar-refractivity contribution in [2.75, 3.05) is 19.6 Å². The van der Waals surface area contributed by atoms with Gasteiger partial charge in [0.25, 0.3) is 0 Å². The number of nitrogens with zero attached hydrogens (tertiary/aromatic N) is 1. The Morgan fingerprint density at radius 3 is 1.77 bits per heavy atom. The van der Waals surface area contributed by atoms with Crippen LogP contribution in [-0.4, -0.2) is 24.5 Å². The van der Waals surface area contributed by atoms with Crippen molar-refractivity contribution in [2.24, 2.45) is 0 Å². The summed E-state index contributed by atoms with van der Waals surface area (Å²) < 4.78 is 0. The molecule has 0 radical (unpaired) electrons. The molecule has 0 spiro atoms. The van der Waals surface area contributed by atoms with Crippen molar-refractivity contribution < 1.29 is 0 Å². The monoisotopic (exact) mass is 185 g/mol. The number of hydrogen-bond acceptors (Lipinski definition) is 1. The topological polar surface area (TPSA) is 3.24 Å². The molecule has 1 aliphatic heterocycles. The molecule has 0 atom stereocenters. The molecule has 0 N–H and O–H groups in total. The van der Waals surface area contributed by atoms with Crippen molar-refractivity contribution in [3.63, 3.8) is 0 Å². The molecule has 0 amide bonds. The van der Waals surface area contributed by atoms with Gasteiger partial charge < -0.3 is 4.90 Å². The van der Waals surface area contributed by atoms with E-state index in [2.05, 4.69) is 11.8 Å². The minimum absolute atomic E-state index is 1.32. The van der Waals surface area contributed by atoms with Gasteiger partial charge >= 0.3 is 0 Å². The Morgan fingerprint density at radius 1 is 0.846 bits per heavy atom. The summed E-state index contributed by atoms with van der Waals surface area (Å²) >= 11 is 0. The molecule has 0 aliphatic carbocycles. The van der Waals surface area contributed by atoms with Crippen molar-refractivity contribution >= 4 is 0 Å². The van der Waals surface area contributed by atoms with E-state index in [1.54, 1.807) is 0 Å². The molecule has 1 nitrogen and oxygen atoms in total. The average molecular weight is 185 g/mol. The molecule has 1 fully saturated rings.